The Kier molecular flexibility index (Phi) is 37.2. The maximum atomic E-state index is 10.4. The normalized spacial score (nSPS) is 11.0. The van der Waals surface area contributed by atoms with Gasteiger partial charge in [-0.2, -0.15) is 8.42 Å². The molecule has 0 atom stereocenters. The third-order valence-corrected chi connectivity index (χ3v) is 5.84. The number of carbonyl (C=O) groups is 1. The first kappa shape index (κ1) is 39.5. The fourth-order valence-electron chi connectivity index (χ4n) is 2.98. The molecule has 36 heavy (non-hydrogen) atoms. The van der Waals surface area contributed by atoms with Crippen LogP contribution < -0.4 is 11.1 Å². The molecule has 0 aromatic rings. The Hall–Kier alpha value is -1.04. The monoisotopic (exact) mass is 540 g/mol. The minimum absolute atomic E-state index is 0.113. The second-order valence-electron chi connectivity index (χ2n) is 8.21. The van der Waals surface area contributed by atoms with Crippen LogP contribution in [0.5, 0.6) is 0 Å². The summed E-state index contributed by atoms with van der Waals surface area (Å²) < 4.78 is 29.2. The standard InChI is InChI=1S/C18H34O2.C4H12N2O.C4H10O4S/c1-2-3-4-5-6-7-8-9-10-11-12-13-14-15-16-17-18(19)20;5-1-2-6-3-4-7;1-3-7-9(5,6)8-4-2/h9-10H,2-8,11-17H2,1H3,(H,19,20);6-7H,1-5H2;3-4H2,1-2H3/b10-9-;;. The zero-order valence-corrected chi connectivity index (χ0v) is 24.0. The highest BCUT2D eigenvalue weighted by atomic mass is 32.3. The number of carboxylic acid groups (broad SMARTS) is 1. The second-order valence-corrected chi connectivity index (χ2v) is 9.50. The Balaban J connectivity index is -0.000000558. The molecule has 0 aromatic carbocycles. The highest BCUT2D eigenvalue weighted by Gasteiger charge is 2.07. The van der Waals surface area contributed by atoms with Gasteiger partial charge in [-0.3, -0.25) is 4.79 Å². The van der Waals surface area contributed by atoms with Gasteiger partial charge in [0.1, 0.15) is 0 Å². The van der Waals surface area contributed by atoms with Gasteiger partial charge >= 0.3 is 16.4 Å². The minimum Gasteiger partial charge on any atom is -0.481 e. The summed E-state index contributed by atoms with van der Waals surface area (Å²) in [6, 6.07) is 0. The predicted octanol–water partition coefficient (Wildman–Crippen LogP) is 4.94. The zero-order chi connectivity index (χ0) is 27.8. The minimum atomic E-state index is -3.68. The van der Waals surface area contributed by atoms with Gasteiger partial charge in [0.15, 0.2) is 0 Å². The molecule has 5 N–H and O–H groups in total. The van der Waals surface area contributed by atoms with Gasteiger partial charge in [0.2, 0.25) is 0 Å². The fraction of sp³-hybridized carbons (Fsp3) is 0.885. The summed E-state index contributed by atoms with van der Waals surface area (Å²) in [5.41, 5.74) is 5.13. The van der Waals surface area contributed by atoms with Crippen molar-refractivity contribution in [3.05, 3.63) is 12.2 Å². The van der Waals surface area contributed by atoms with Crippen molar-refractivity contribution in [1.29, 1.82) is 0 Å². The van der Waals surface area contributed by atoms with Gasteiger partial charge in [-0.15, -0.1) is 0 Å². The van der Waals surface area contributed by atoms with E-state index in [4.69, 9.17) is 15.9 Å². The molecule has 0 aliphatic heterocycles. The largest absolute Gasteiger partial charge is 0.481 e. The molecular weight excluding hydrogens is 484 g/mol. The highest BCUT2D eigenvalue weighted by Crippen LogP contribution is 2.09. The average molecular weight is 541 g/mol. The Labute approximate surface area is 221 Å². The van der Waals surface area contributed by atoms with Crippen molar-refractivity contribution >= 4 is 16.4 Å². The number of allylic oxidation sites excluding steroid dienone is 2. The third kappa shape index (κ3) is 43.1. The maximum Gasteiger partial charge on any atom is 0.399 e. The Morgan fingerprint density at radius 2 is 1.28 bits per heavy atom. The van der Waals surface area contributed by atoms with Crippen molar-refractivity contribution < 1.29 is 31.8 Å². The van der Waals surface area contributed by atoms with Crippen LogP contribution in [0.4, 0.5) is 0 Å². The molecule has 218 valence electrons. The zero-order valence-electron chi connectivity index (χ0n) is 23.2. The number of unbranched alkanes of at least 4 members (excludes halogenated alkanes) is 11. The summed E-state index contributed by atoms with van der Waals surface area (Å²) >= 11 is 0. The Morgan fingerprint density at radius 3 is 1.69 bits per heavy atom. The van der Waals surface area contributed by atoms with E-state index in [2.05, 4.69) is 32.8 Å². The van der Waals surface area contributed by atoms with Gasteiger partial charge in [0.25, 0.3) is 0 Å². The number of carboxylic acids is 1. The van der Waals surface area contributed by atoms with E-state index < -0.39 is 16.4 Å². The van der Waals surface area contributed by atoms with Crippen LogP contribution in [0.1, 0.15) is 111 Å². The number of nitrogens with one attached hydrogen (secondary N) is 1. The van der Waals surface area contributed by atoms with Gasteiger partial charge in [-0.1, -0.05) is 70.4 Å². The summed E-state index contributed by atoms with van der Waals surface area (Å²) in [5, 5.41) is 19.6. The Bertz CT molecular complexity index is 542. The summed E-state index contributed by atoms with van der Waals surface area (Å²) in [7, 11) is -3.68. The van der Waals surface area contributed by atoms with Crippen LogP contribution in [-0.2, 0) is 23.6 Å². The van der Waals surface area contributed by atoms with Gasteiger partial charge < -0.3 is 21.3 Å². The maximum absolute atomic E-state index is 10.4. The van der Waals surface area contributed by atoms with E-state index in [1.165, 1.54) is 70.6 Å². The molecule has 0 bridgehead atoms. The van der Waals surface area contributed by atoms with Crippen molar-refractivity contribution in [2.24, 2.45) is 5.73 Å². The fourth-order valence-corrected chi connectivity index (χ4v) is 3.62. The van der Waals surface area contributed by atoms with Crippen LogP contribution >= 0.6 is 0 Å². The number of aliphatic hydroxyl groups excluding tert-OH is 1. The third-order valence-electron chi connectivity index (χ3n) is 4.79. The van der Waals surface area contributed by atoms with E-state index in [9.17, 15) is 13.2 Å². The molecule has 0 amide bonds. The molecule has 0 saturated carbocycles. The van der Waals surface area contributed by atoms with Gasteiger partial charge in [0.05, 0.1) is 19.8 Å². The molecule has 0 heterocycles. The van der Waals surface area contributed by atoms with E-state index in [-0.39, 0.29) is 19.8 Å². The van der Waals surface area contributed by atoms with Crippen molar-refractivity contribution in [3.63, 3.8) is 0 Å². The molecule has 0 unspecified atom stereocenters. The quantitative estimate of drug-likeness (QED) is 0.104. The lowest BCUT2D eigenvalue weighted by atomic mass is 10.1. The molecule has 0 saturated heterocycles. The lowest BCUT2D eigenvalue weighted by molar-refractivity contribution is -0.137. The van der Waals surface area contributed by atoms with Crippen LogP contribution in [0.3, 0.4) is 0 Å². The lowest BCUT2D eigenvalue weighted by Gasteiger charge is -1.99. The molecule has 0 aromatic heterocycles. The summed E-state index contributed by atoms with van der Waals surface area (Å²) in [4.78, 5) is 10.3. The SMILES string of the molecule is CCCCCCCC/C=C\CCCCCCCC(=O)O.CCOS(=O)(=O)OCC.NCCNCCO. The smallest absolute Gasteiger partial charge is 0.399 e. The predicted molar refractivity (Wildman–Crippen MR) is 148 cm³/mol. The second kappa shape index (κ2) is 34.0. The van der Waals surface area contributed by atoms with Crippen LogP contribution in [-0.4, -0.2) is 64.1 Å². The lowest BCUT2D eigenvalue weighted by Crippen LogP contribution is -2.24. The first-order valence-corrected chi connectivity index (χ1v) is 15.1. The van der Waals surface area contributed by atoms with Gasteiger partial charge in [0, 0.05) is 26.1 Å². The van der Waals surface area contributed by atoms with Crippen molar-refractivity contribution in [2.75, 3.05) is 39.5 Å². The first-order chi connectivity index (χ1) is 17.3. The molecule has 0 aliphatic carbocycles. The number of nitrogens with two attached hydrogens (primary N) is 1. The molecule has 9 nitrogen and oxygen atoms in total. The number of aliphatic carboxylic acids is 1. The first-order valence-electron chi connectivity index (χ1n) is 13.7. The van der Waals surface area contributed by atoms with E-state index >= 15 is 0 Å². The summed E-state index contributed by atoms with van der Waals surface area (Å²) in [6.45, 7) is 7.92. The number of rotatable bonds is 23. The molecule has 0 fully saturated rings. The van der Waals surface area contributed by atoms with Gasteiger partial charge in [-0.25, -0.2) is 8.37 Å². The van der Waals surface area contributed by atoms with E-state index in [0.29, 0.717) is 19.5 Å². The topological polar surface area (TPSA) is 148 Å². The van der Waals surface area contributed by atoms with Crippen molar-refractivity contribution in [1.82, 2.24) is 5.32 Å². The highest BCUT2D eigenvalue weighted by molar-refractivity contribution is 7.81. The molecule has 10 heteroatoms. The van der Waals surface area contributed by atoms with Crippen molar-refractivity contribution in [2.45, 2.75) is 111 Å². The number of aliphatic hydroxyl groups is 1. The number of hydrogen-bond donors (Lipinski definition) is 4. The summed E-state index contributed by atoms with van der Waals surface area (Å²) in [5.74, 6) is -0.664. The number of hydrogen-bond acceptors (Lipinski definition) is 8. The molecule has 0 rings (SSSR count). The van der Waals surface area contributed by atoms with Crippen molar-refractivity contribution in [3.8, 4) is 0 Å². The van der Waals surface area contributed by atoms with E-state index in [1.54, 1.807) is 13.8 Å². The van der Waals surface area contributed by atoms with Crippen LogP contribution in [0, 0.1) is 0 Å². The Morgan fingerprint density at radius 1 is 0.806 bits per heavy atom. The average Bonchev–Trinajstić information content (AvgIpc) is 2.82. The molecular formula is C26H56N2O7S. The van der Waals surface area contributed by atoms with Crippen LogP contribution in [0.2, 0.25) is 0 Å². The van der Waals surface area contributed by atoms with Crippen LogP contribution in [0.15, 0.2) is 12.2 Å². The summed E-state index contributed by atoms with van der Waals surface area (Å²) in [6.07, 6.45) is 21.2. The van der Waals surface area contributed by atoms with Crippen LogP contribution in [0.25, 0.3) is 0 Å². The van der Waals surface area contributed by atoms with E-state index in [0.717, 1.165) is 19.4 Å². The van der Waals surface area contributed by atoms with Gasteiger partial charge in [-0.05, 0) is 46.0 Å². The molecule has 0 spiro atoms. The molecule has 0 aliphatic rings. The molecule has 0 radical (unpaired) electrons. The van der Waals surface area contributed by atoms with E-state index in [1.807, 2.05) is 0 Å².